The van der Waals surface area contributed by atoms with Crippen molar-refractivity contribution in [2.75, 3.05) is 19.8 Å². The number of hydrogen-bond acceptors (Lipinski definition) is 8. The number of ether oxygens (including phenoxy) is 2. The second-order valence-corrected chi connectivity index (χ2v) is 8.35. The van der Waals surface area contributed by atoms with E-state index in [-0.39, 0.29) is 29.5 Å². The molecule has 0 fully saturated rings. The van der Waals surface area contributed by atoms with Gasteiger partial charge in [0.05, 0.1) is 43.1 Å². The first kappa shape index (κ1) is 25.4. The van der Waals surface area contributed by atoms with E-state index in [9.17, 15) is 13.2 Å². The molecule has 3 aromatic rings. The van der Waals surface area contributed by atoms with Gasteiger partial charge in [0.25, 0.3) is 0 Å². The Morgan fingerprint density at radius 3 is 2.38 bits per heavy atom. The number of nitriles is 1. The Bertz CT molecular complexity index is 1110. The number of nitrogens with zero attached hydrogens (tertiary/aromatic N) is 3. The summed E-state index contributed by atoms with van der Waals surface area (Å²) in [6, 6.07) is 11.8. The predicted octanol–water partition coefficient (Wildman–Crippen LogP) is 4.72. The molecule has 0 aliphatic heterocycles. The molecule has 0 saturated heterocycles. The molecule has 0 aliphatic rings. The third-order valence-electron chi connectivity index (χ3n) is 4.78. The first-order chi connectivity index (χ1) is 16.3. The van der Waals surface area contributed by atoms with Gasteiger partial charge in [0.2, 0.25) is 0 Å². The number of rotatable bonds is 11. The van der Waals surface area contributed by atoms with Crippen molar-refractivity contribution in [3.63, 3.8) is 0 Å². The maximum absolute atomic E-state index is 13.6. The van der Waals surface area contributed by atoms with E-state index in [1.54, 1.807) is 24.3 Å². The normalized spacial score (nSPS) is 12.2. The molecule has 0 spiro atoms. The molecule has 7 nitrogen and oxygen atoms in total. The third kappa shape index (κ3) is 6.90. The number of unbranched alkanes of at least 4 members (excludes halogenated alkanes) is 2. The van der Waals surface area contributed by atoms with E-state index in [2.05, 4.69) is 10.2 Å². The van der Waals surface area contributed by atoms with Crippen molar-refractivity contribution in [2.45, 2.75) is 31.5 Å². The van der Waals surface area contributed by atoms with Crippen molar-refractivity contribution >= 4 is 11.3 Å². The van der Waals surface area contributed by atoms with Crippen LogP contribution in [0.15, 0.2) is 42.5 Å². The second kappa shape index (κ2) is 11.8. The van der Waals surface area contributed by atoms with Crippen LogP contribution < -0.4 is 15.2 Å². The zero-order valence-electron chi connectivity index (χ0n) is 18.1. The van der Waals surface area contributed by atoms with Crippen LogP contribution in [-0.4, -0.2) is 35.1 Å². The van der Waals surface area contributed by atoms with Gasteiger partial charge in [-0.15, -0.1) is 10.2 Å². The van der Waals surface area contributed by atoms with Gasteiger partial charge in [-0.25, -0.2) is 0 Å². The maximum Gasteiger partial charge on any atom is 0.419 e. The van der Waals surface area contributed by atoms with E-state index in [4.69, 9.17) is 25.6 Å². The Hall–Kier alpha value is -3.20. The molecule has 0 aliphatic carbocycles. The van der Waals surface area contributed by atoms with Crippen LogP contribution in [0, 0.1) is 11.3 Å². The van der Waals surface area contributed by atoms with Crippen molar-refractivity contribution in [3.05, 3.63) is 58.6 Å². The molecule has 180 valence electrons. The van der Waals surface area contributed by atoms with Crippen LogP contribution in [0.3, 0.4) is 0 Å². The Kier molecular flexibility index (Phi) is 8.81. The zero-order valence-corrected chi connectivity index (χ0v) is 18.9. The van der Waals surface area contributed by atoms with Gasteiger partial charge in [-0.3, -0.25) is 0 Å². The molecule has 1 atom stereocenters. The smallest absolute Gasteiger partial charge is 0.419 e. The second-order valence-electron chi connectivity index (χ2n) is 7.34. The quantitative estimate of drug-likeness (QED) is 0.372. The number of nitrogens with two attached hydrogens (primary N) is 1. The van der Waals surface area contributed by atoms with Crippen LogP contribution >= 0.6 is 11.3 Å². The highest BCUT2D eigenvalue weighted by atomic mass is 32.1. The molecule has 0 bridgehead atoms. The van der Waals surface area contributed by atoms with Crippen LogP contribution in [0.1, 0.15) is 41.4 Å². The summed E-state index contributed by atoms with van der Waals surface area (Å²) in [5.41, 5.74) is 5.59. The summed E-state index contributed by atoms with van der Waals surface area (Å²) in [6.07, 6.45) is -2.61. The standard InChI is InChI=1S/C23H23F3N4O3S/c24-23(25,26)18-12-16(21-29-30-22(34-21)19(28)14-31)6-9-20(18)33-11-3-1-2-10-32-17-7-4-15(13-27)5-8-17/h4-9,12,19,31H,1-3,10-11,14,28H2/t19-/m0/s1. The van der Waals surface area contributed by atoms with E-state index in [0.717, 1.165) is 17.4 Å². The maximum atomic E-state index is 13.6. The molecule has 1 aromatic heterocycles. The van der Waals surface area contributed by atoms with Crippen LogP contribution in [0.4, 0.5) is 13.2 Å². The molecular weight excluding hydrogens is 469 g/mol. The summed E-state index contributed by atoms with van der Waals surface area (Å²) in [7, 11) is 0. The number of halogens is 3. The van der Waals surface area contributed by atoms with Crippen LogP contribution in [0.25, 0.3) is 10.6 Å². The summed E-state index contributed by atoms with van der Waals surface area (Å²) in [5, 5.41) is 26.2. The van der Waals surface area contributed by atoms with Crippen molar-refractivity contribution < 1.29 is 27.8 Å². The summed E-state index contributed by atoms with van der Waals surface area (Å²) in [5.74, 6) is 0.410. The van der Waals surface area contributed by atoms with Gasteiger partial charge >= 0.3 is 6.18 Å². The molecule has 1 heterocycles. The van der Waals surface area contributed by atoms with Crippen LogP contribution in [0.5, 0.6) is 11.5 Å². The minimum absolute atomic E-state index is 0.133. The molecule has 3 rings (SSSR count). The number of benzene rings is 2. The lowest BCUT2D eigenvalue weighted by Gasteiger charge is -2.15. The van der Waals surface area contributed by atoms with Gasteiger partial charge < -0.3 is 20.3 Å². The Balaban J connectivity index is 1.51. The molecular formula is C23H23F3N4O3S. The van der Waals surface area contributed by atoms with Gasteiger partial charge in [-0.2, -0.15) is 18.4 Å². The molecule has 34 heavy (non-hydrogen) atoms. The van der Waals surface area contributed by atoms with E-state index in [1.807, 2.05) is 6.07 Å². The summed E-state index contributed by atoms with van der Waals surface area (Å²) < 4.78 is 51.9. The lowest BCUT2D eigenvalue weighted by atomic mass is 10.1. The molecule has 11 heteroatoms. The number of aromatic nitrogens is 2. The van der Waals surface area contributed by atoms with E-state index >= 15 is 0 Å². The highest BCUT2D eigenvalue weighted by Gasteiger charge is 2.35. The van der Waals surface area contributed by atoms with E-state index in [0.29, 0.717) is 42.2 Å². The fourth-order valence-electron chi connectivity index (χ4n) is 2.97. The predicted molar refractivity (Wildman–Crippen MR) is 120 cm³/mol. The average Bonchev–Trinajstić information content (AvgIpc) is 3.33. The van der Waals surface area contributed by atoms with Crippen molar-refractivity contribution in [3.8, 4) is 28.1 Å². The zero-order chi connectivity index (χ0) is 24.6. The fourth-order valence-corrected chi connectivity index (χ4v) is 3.80. The SMILES string of the molecule is N#Cc1ccc(OCCCCCOc2ccc(-c3nnc([C@@H](N)CO)s3)cc2C(F)(F)F)cc1. The minimum Gasteiger partial charge on any atom is -0.494 e. The first-order valence-electron chi connectivity index (χ1n) is 10.5. The third-order valence-corrected chi connectivity index (χ3v) is 5.89. The van der Waals surface area contributed by atoms with E-state index in [1.165, 1.54) is 12.1 Å². The highest BCUT2D eigenvalue weighted by Crippen LogP contribution is 2.39. The summed E-state index contributed by atoms with van der Waals surface area (Å²) >= 11 is 1.03. The number of alkyl halides is 3. The number of hydrogen-bond donors (Lipinski definition) is 2. The van der Waals surface area contributed by atoms with Gasteiger partial charge in [0.1, 0.15) is 21.5 Å². The number of aliphatic hydroxyl groups is 1. The Labute approximate surface area is 198 Å². The lowest BCUT2D eigenvalue weighted by Crippen LogP contribution is -2.13. The minimum atomic E-state index is -4.60. The highest BCUT2D eigenvalue weighted by molar-refractivity contribution is 7.14. The Morgan fingerprint density at radius 2 is 1.74 bits per heavy atom. The van der Waals surface area contributed by atoms with E-state index < -0.39 is 17.8 Å². The molecule has 0 radical (unpaired) electrons. The van der Waals surface area contributed by atoms with Crippen molar-refractivity contribution in [1.29, 1.82) is 5.26 Å². The van der Waals surface area contributed by atoms with Crippen molar-refractivity contribution in [1.82, 2.24) is 10.2 Å². The molecule has 0 unspecified atom stereocenters. The molecule has 2 aromatic carbocycles. The largest absolute Gasteiger partial charge is 0.494 e. The summed E-state index contributed by atoms with van der Waals surface area (Å²) in [6.45, 7) is 0.253. The Morgan fingerprint density at radius 1 is 1.03 bits per heavy atom. The topological polar surface area (TPSA) is 114 Å². The van der Waals surface area contributed by atoms with Gasteiger partial charge in [0, 0.05) is 5.56 Å². The number of aliphatic hydroxyl groups excluding tert-OH is 1. The average molecular weight is 493 g/mol. The lowest BCUT2D eigenvalue weighted by molar-refractivity contribution is -0.138. The van der Waals surface area contributed by atoms with Crippen LogP contribution in [0.2, 0.25) is 0 Å². The van der Waals surface area contributed by atoms with Gasteiger partial charge in [0.15, 0.2) is 0 Å². The molecule has 0 saturated carbocycles. The fraction of sp³-hybridized carbons (Fsp3) is 0.348. The summed E-state index contributed by atoms with van der Waals surface area (Å²) in [4.78, 5) is 0. The van der Waals surface area contributed by atoms with Gasteiger partial charge in [-0.1, -0.05) is 11.3 Å². The van der Waals surface area contributed by atoms with Crippen molar-refractivity contribution in [2.24, 2.45) is 5.73 Å². The molecule has 3 N–H and O–H groups in total. The van der Waals surface area contributed by atoms with Crippen LogP contribution in [-0.2, 0) is 6.18 Å². The first-order valence-corrected chi connectivity index (χ1v) is 11.3. The van der Waals surface area contributed by atoms with Gasteiger partial charge in [-0.05, 0) is 61.7 Å². The monoisotopic (exact) mass is 492 g/mol. The molecule has 0 amide bonds.